The highest BCUT2D eigenvalue weighted by molar-refractivity contribution is 5.90. The molecular formula is C25H32N2O3. The average molecular weight is 409 g/mol. The molecule has 0 radical (unpaired) electrons. The van der Waals surface area contributed by atoms with Crippen LogP contribution in [0.25, 0.3) is 0 Å². The number of hydrogen-bond acceptors (Lipinski definition) is 4. The highest BCUT2D eigenvalue weighted by Crippen LogP contribution is 2.38. The molecule has 1 saturated heterocycles. The van der Waals surface area contributed by atoms with Crippen molar-refractivity contribution >= 4 is 17.6 Å². The molecule has 1 fully saturated rings. The van der Waals surface area contributed by atoms with Crippen LogP contribution in [0, 0.1) is 0 Å². The number of anilines is 1. The van der Waals surface area contributed by atoms with Crippen LogP contribution in [-0.2, 0) is 9.53 Å². The second-order valence-electron chi connectivity index (χ2n) is 8.35. The Morgan fingerprint density at radius 2 is 1.57 bits per heavy atom. The van der Waals surface area contributed by atoms with Gasteiger partial charge in [-0.05, 0) is 68.4 Å². The number of carbonyl (C=O) groups excluding carboxylic acids is 2. The predicted molar refractivity (Wildman–Crippen MR) is 120 cm³/mol. The molecule has 0 bridgehead atoms. The monoisotopic (exact) mass is 408 g/mol. The van der Waals surface area contributed by atoms with Crippen LogP contribution in [0.4, 0.5) is 5.69 Å². The Labute approximate surface area is 179 Å². The van der Waals surface area contributed by atoms with Crippen molar-refractivity contribution in [1.82, 2.24) is 0 Å². The van der Waals surface area contributed by atoms with E-state index in [1.165, 1.54) is 24.9 Å². The largest absolute Gasteiger partial charge is 0.459 e. The van der Waals surface area contributed by atoms with Crippen molar-refractivity contribution in [2.75, 3.05) is 18.0 Å². The van der Waals surface area contributed by atoms with Crippen molar-refractivity contribution in [3.8, 4) is 0 Å². The molecule has 5 heteroatoms. The fourth-order valence-corrected chi connectivity index (χ4v) is 4.28. The average Bonchev–Trinajstić information content (AvgIpc) is 2.74. The Bertz CT molecular complexity index is 870. The zero-order valence-electron chi connectivity index (χ0n) is 18.1. The van der Waals surface area contributed by atoms with Crippen LogP contribution >= 0.6 is 0 Å². The van der Waals surface area contributed by atoms with Crippen molar-refractivity contribution < 1.29 is 14.3 Å². The standard InChI is InChI=1S/C25H32N2O3/c1-17(2)30-25(29)20-13-11-19(12-14-20)23(24(26)28)18(3)21-9-5-6-10-22(21)27-15-7-4-8-16-27/h5-6,9-14,17-18,23H,4,7-8,15-16H2,1-3H3,(H2,26,28). The van der Waals surface area contributed by atoms with Gasteiger partial charge >= 0.3 is 5.97 Å². The molecule has 2 aromatic rings. The number of rotatable bonds is 7. The summed E-state index contributed by atoms with van der Waals surface area (Å²) < 4.78 is 5.25. The minimum Gasteiger partial charge on any atom is -0.459 e. The quantitative estimate of drug-likeness (QED) is 0.679. The molecule has 0 spiro atoms. The molecule has 3 rings (SSSR count). The van der Waals surface area contributed by atoms with E-state index in [4.69, 9.17) is 10.5 Å². The lowest BCUT2D eigenvalue weighted by molar-refractivity contribution is -0.119. The first kappa shape index (κ1) is 21.9. The fourth-order valence-electron chi connectivity index (χ4n) is 4.28. The number of benzene rings is 2. The molecule has 2 unspecified atom stereocenters. The molecule has 1 aliphatic rings. The van der Waals surface area contributed by atoms with Crippen molar-refractivity contribution in [3.05, 3.63) is 65.2 Å². The van der Waals surface area contributed by atoms with Crippen molar-refractivity contribution in [2.45, 2.75) is 58.0 Å². The Morgan fingerprint density at radius 3 is 2.17 bits per heavy atom. The van der Waals surface area contributed by atoms with E-state index in [0.717, 1.165) is 24.2 Å². The van der Waals surface area contributed by atoms with Gasteiger partial charge in [0.05, 0.1) is 17.6 Å². The Balaban J connectivity index is 1.88. The van der Waals surface area contributed by atoms with Gasteiger partial charge in [-0.1, -0.05) is 37.3 Å². The molecule has 30 heavy (non-hydrogen) atoms. The van der Waals surface area contributed by atoms with E-state index in [1.54, 1.807) is 12.1 Å². The van der Waals surface area contributed by atoms with Crippen molar-refractivity contribution in [3.63, 3.8) is 0 Å². The van der Waals surface area contributed by atoms with Gasteiger partial charge in [0.15, 0.2) is 0 Å². The van der Waals surface area contributed by atoms with Crippen LogP contribution in [-0.4, -0.2) is 31.1 Å². The van der Waals surface area contributed by atoms with E-state index in [1.807, 2.05) is 32.0 Å². The number of primary amides is 1. The zero-order valence-corrected chi connectivity index (χ0v) is 18.1. The maximum atomic E-state index is 12.5. The Kier molecular flexibility index (Phi) is 7.14. The maximum absolute atomic E-state index is 12.5. The summed E-state index contributed by atoms with van der Waals surface area (Å²) in [5, 5.41) is 0. The summed E-state index contributed by atoms with van der Waals surface area (Å²) >= 11 is 0. The van der Waals surface area contributed by atoms with E-state index >= 15 is 0 Å². The minimum atomic E-state index is -0.480. The summed E-state index contributed by atoms with van der Waals surface area (Å²) in [6.45, 7) is 7.77. The van der Waals surface area contributed by atoms with Gasteiger partial charge in [0.2, 0.25) is 5.91 Å². The summed E-state index contributed by atoms with van der Waals surface area (Å²) in [7, 11) is 0. The number of hydrogen-bond donors (Lipinski definition) is 1. The van der Waals surface area contributed by atoms with E-state index in [0.29, 0.717) is 5.56 Å². The van der Waals surface area contributed by atoms with Gasteiger partial charge in [0.1, 0.15) is 0 Å². The first-order valence-electron chi connectivity index (χ1n) is 10.8. The lowest BCUT2D eigenvalue weighted by Gasteiger charge is -2.33. The van der Waals surface area contributed by atoms with Crippen LogP contribution in [0.15, 0.2) is 48.5 Å². The van der Waals surface area contributed by atoms with Crippen molar-refractivity contribution in [2.24, 2.45) is 5.73 Å². The number of para-hydroxylation sites is 1. The van der Waals surface area contributed by atoms with E-state index in [2.05, 4.69) is 30.0 Å². The molecule has 2 aromatic carbocycles. The highest BCUT2D eigenvalue weighted by Gasteiger charge is 2.29. The summed E-state index contributed by atoms with van der Waals surface area (Å²) in [6.07, 6.45) is 3.47. The first-order valence-corrected chi connectivity index (χ1v) is 10.8. The highest BCUT2D eigenvalue weighted by atomic mass is 16.5. The molecule has 0 aliphatic carbocycles. The van der Waals surface area contributed by atoms with Crippen LogP contribution in [0.2, 0.25) is 0 Å². The van der Waals surface area contributed by atoms with Crippen LogP contribution < -0.4 is 10.6 Å². The summed E-state index contributed by atoms with van der Waals surface area (Å²) in [4.78, 5) is 27.0. The molecule has 1 heterocycles. The second kappa shape index (κ2) is 9.79. The third-order valence-electron chi connectivity index (χ3n) is 5.78. The van der Waals surface area contributed by atoms with Crippen molar-refractivity contribution in [1.29, 1.82) is 0 Å². The summed E-state index contributed by atoms with van der Waals surface area (Å²) in [6, 6.07) is 15.3. The van der Waals surface area contributed by atoms with Gasteiger partial charge in [-0.3, -0.25) is 4.79 Å². The lowest BCUT2D eigenvalue weighted by atomic mass is 9.81. The minimum absolute atomic E-state index is 0.0888. The summed E-state index contributed by atoms with van der Waals surface area (Å²) in [5.74, 6) is -1.30. The molecule has 0 saturated carbocycles. The Hall–Kier alpha value is -2.82. The SMILES string of the molecule is CC(C)OC(=O)c1ccc(C(C(N)=O)C(C)c2ccccc2N2CCCCC2)cc1. The number of esters is 1. The molecule has 1 amide bonds. The molecule has 2 N–H and O–H groups in total. The van der Waals surface area contributed by atoms with Gasteiger partial charge in [-0.2, -0.15) is 0 Å². The topological polar surface area (TPSA) is 72.6 Å². The first-order chi connectivity index (χ1) is 14.4. The van der Waals surface area contributed by atoms with Crippen LogP contribution in [0.5, 0.6) is 0 Å². The third-order valence-corrected chi connectivity index (χ3v) is 5.78. The number of piperidine rings is 1. The van der Waals surface area contributed by atoms with Gasteiger partial charge < -0.3 is 15.4 Å². The van der Waals surface area contributed by atoms with Gasteiger partial charge in [0.25, 0.3) is 0 Å². The lowest BCUT2D eigenvalue weighted by Crippen LogP contribution is -2.32. The molecular weight excluding hydrogens is 376 g/mol. The maximum Gasteiger partial charge on any atom is 0.338 e. The number of nitrogens with zero attached hydrogens (tertiary/aromatic N) is 1. The normalized spacial score (nSPS) is 16.2. The van der Waals surface area contributed by atoms with Gasteiger partial charge in [-0.25, -0.2) is 4.79 Å². The van der Waals surface area contributed by atoms with Crippen LogP contribution in [0.3, 0.4) is 0 Å². The smallest absolute Gasteiger partial charge is 0.338 e. The van der Waals surface area contributed by atoms with Crippen LogP contribution in [0.1, 0.15) is 73.4 Å². The molecule has 160 valence electrons. The van der Waals surface area contributed by atoms with E-state index in [9.17, 15) is 9.59 Å². The predicted octanol–water partition coefficient (Wildman–Crippen LogP) is 4.61. The number of carbonyl (C=O) groups is 2. The Morgan fingerprint density at radius 1 is 0.933 bits per heavy atom. The van der Waals surface area contributed by atoms with E-state index in [-0.39, 0.29) is 23.9 Å². The number of nitrogens with two attached hydrogens (primary N) is 1. The van der Waals surface area contributed by atoms with E-state index < -0.39 is 5.92 Å². The molecule has 5 nitrogen and oxygen atoms in total. The summed E-state index contributed by atoms with van der Waals surface area (Å²) in [5.41, 5.74) is 9.45. The molecule has 2 atom stereocenters. The fraction of sp³-hybridized carbons (Fsp3) is 0.440. The molecule has 1 aliphatic heterocycles. The zero-order chi connectivity index (χ0) is 21.7. The van der Waals surface area contributed by atoms with Gasteiger partial charge in [-0.15, -0.1) is 0 Å². The number of ether oxygens (including phenoxy) is 1. The molecule has 0 aromatic heterocycles. The third kappa shape index (κ3) is 5.02. The second-order valence-corrected chi connectivity index (χ2v) is 8.35. The van der Waals surface area contributed by atoms with Gasteiger partial charge in [0, 0.05) is 18.8 Å². The number of amides is 1.